The first kappa shape index (κ1) is 21.2. The van der Waals surface area contributed by atoms with E-state index in [0.29, 0.717) is 0 Å². The summed E-state index contributed by atoms with van der Waals surface area (Å²) < 4.78 is 41.1. The molecule has 1 fully saturated rings. The summed E-state index contributed by atoms with van der Waals surface area (Å²) in [5.41, 5.74) is 0.0921. The first-order valence-electron chi connectivity index (χ1n) is 9.50. The van der Waals surface area contributed by atoms with Crippen LogP contribution in [0.15, 0.2) is 66.2 Å². The van der Waals surface area contributed by atoms with Gasteiger partial charge in [-0.1, -0.05) is 12.1 Å². The number of benzene rings is 3. The molecule has 1 amide bonds. The third kappa shape index (κ3) is 3.49. The Balaban J connectivity index is 1.97. The van der Waals surface area contributed by atoms with Crippen LogP contribution in [0.25, 0.3) is 5.76 Å². The predicted octanol–water partition coefficient (Wildman–Crippen LogP) is 4.74. The van der Waals surface area contributed by atoms with E-state index >= 15 is 0 Å². The van der Waals surface area contributed by atoms with Gasteiger partial charge in [0.15, 0.2) is 11.6 Å². The Bertz CT molecular complexity index is 1300. The van der Waals surface area contributed by atoms with E-state index in [2.05, 4.69) is 0 Å². The number of amides is 1. The molecule has 1 aliphatic heterocycles. The number of anilines is 1. The lowest BCUT2D eigenvalue weighted by atomic mass is 9.94. The molecule has 162 valence electrons. The molecule has 32 heavy (non-hydrogen) atoms. The molecule has 1 aliphatic rings. The van der Waals surface area contributed by atoms with Crippen molar-refractivity contribution < 1.29 is 33.0 Å². The van der Waals surface area contributed by atoms with E-state index in [9.17, 15) is 33.0 Å². The summed E-state index contributed by atoms with van der Waals surface area (Å²) >= 11 is 0. The van der Waals surface area contributed by atoms with Crippen molar-refractivity contribution in [3.63, 3.8) is 0 Å². The van der Waals surface area contributed by atoms with Crippen molar-refractivity contribution in [2.24, 2.45) is 0 Å². The van der Waals surface area contributed by atoms with Crippen molar-refractivity contribution in [1.82, 2.24) is 0 Å². The Morgan fingerprint density at radius 3 is 2.28 bits per heavy atom. The Morgan fingerprint density at radius 2 is 1.62 bits per heavy atom. The van der Waals surface area contributed by atoms with Gasteiger partial charge in [0.1, 0.15) is 17.3 Å². The third-order valence-corrected chi connectivity index (χ3v) is 5.24. The van der Waals surface area contributed by atoms with Crippen LogP contribution < -0.4 is 4.90 Å². The first-order valence-corrected chi connectivity index (χ1v) is 9.50. The maximum atomic E-state index is 13.9. The Kier molecular flexibility index (Phi) is 5.22. The zero-order chi connectivity index (χ0) is 23.2. The summed E-state index contributed by atoms with van der Waals surface area (Å²) in [6.45, 7) is 1.47. The van der Waals surface area contributed by atoms with Crippen molar-refractivity contribution in [3.05, 3.63) is 100 Å². The molecular formula is C24H16F3NO4. The Labute approximate surface area is 180 Å². The summed E-state index contributed by atoms with van der Waals surface area (Å²) in [7, 11) is 0. The SMILES string of the molecule is Cc1cc(/C(O)=C2\C(=O)C(=O)N(c3ccc(F)c(F)c3)C2c2cccc(O)c2)ccc1F. The highest BCUT2D eigenvalue weighted by Crippen LogP contribution is 2.43. The van der Waals surface area contributed by atoms with Crippen LogP contribution in [0.4, 0.5) is 18.9 Å². The van der Waals surface area contributed by atoms with E-state index < -0.39 is 40.9 Å². The van der Waals surface area contributed by atoms with Gasteiger partial charge in [0, 0.05) is 17.3 Å². The maximum absolute atomic E-state index is 13.9. The van der Waals surface area contributed by atoms with E-state index in [-0.39, 0.29) is 33.7 Å². The lowest BCUT2D eigenvalue weighted by molar-refractivity contribution is -0.132. The quantitative estimate of drug-likeness (QED) is 0.351. The molecule has 0 bridgehead atoms. The van der Waals surface area contributed by atoms with Crippen molar-refractivity contribution >= 4 is 23.1 Å². The zero-order valence-corrected chi connectivity index (χ0v) is 16.6. The fourth-order valence-corrected chi connectivity index (χ4v) is 3.69. The van der Waals surface area contributed by atoms with Gasteiger partial charge in [-0.25, -0.2) is 13.2 Å². The molecule has 8 heteroatoms. The van der Waals surface area contributed by atoms with Crippen LogP contribution in [0.5, 0.6) is 5.75 Å². The number of phenolic OH excluding ortho intramolecular Hbond substituents is 1. The molecule has 0 radical (unpaired) electrons. The van der Waals surface area contributed by atoms with Gasteiger partial charge >= 0.3 is 0 Å². The normalized spacial score (nSPS) is 17.8. The van der Waals surface area contributed by atoms with Crippen molar-refractivity contribution in [1.29, 1.82) is 0 Å². The van der Waals surface area contributed by atoms with E-state index in [4.69, 9.17) is 0 Å². The zero-order valence-electron chi connectivity index (χ0n) is 16.6. The third-order valence-electron chi connectivity index (χ3n) is 5.24. The maximum Gasteiger partial charge on any atom is 0.300 e. The minimum atomic E-state index is -1.25. The number of phenols is 1. The molecule has 1 atom stereocenters. The van der Waals surface area contributed by atoms with E-state index in [0.717, 1.165) is 29.2 Å². The number of aliphatic hydroxyl groups excluding tert-OH is 1. The number of nitrogens with zero attached hydrogens (tertiary/aromatic N) is 1. The number of aryl methyl sites for hydroxylation is 1. The second-order valence-electron chi connectivity index (χ2n) is 7.33. The van der Waals surface area contributed by atoms with Gasteiger partial charge in [-0.2, -0.15) is 0 Å². The highest BCUT2D eigenvalue weighted by Gasteiger charge is 2.47. The molecule has 4 rings (SSSR count). The Hall–Kier alpha value is -4.07. The van der Waals surface area contributed by atoms with Gasteiger partial charge in [0.25, 0.3) is 11.7 Å². The summed E-state index contributed by atoms with van der Waals surface area (Å²) in [5, 5.41) is 20.9. The van der Waals surface area contributed by atoms with Crippen LogP contribution in [-0.4, -0.2) is 21.9 Å². The van der Waals surface area contributed by atoms with Gasteiger partial charge in [0.05, 0.1) is 11.6 Å². The van der Waals surface area contributed by atoms with Gasteiger partial charge in [-0.15, -0.1) is 0 Å². The number of aromatic hydroxyl groups is 1. The fourth-order valence-electron chi connectivity index (χ4n) is 3.69. The molecule has 0 aromatic heterocycles. The molecule has 0 spiro atoms. The van der Waals surface area contributed by atoms with Crippen LogP contribution >= 0.6 is 0 Å². The number of carbonyl (C=O) groups excluding carboxylic acids is 2. The van der Waals surface area contributed by atoms with E-state index in [1.165, 1.54) is 43.3 Å². The van der Waals surface area contributed by atoms with Crippen LogP contribution in [0.1, 0.15) is 22.7 Å². The average Bonchev–Trinajstić information content (AvgIpc) is 3.02. The largest absolute Gasteiger partial charge is 0.508 e. The van der Waals surface area contributed by atoms with Crippen molar-refractivity contribution in [2.45, 2.75) is 13.0 Å². The van der Waals surface area contributed by atoms with Gasteiger partial charge < -0.3 is 10.2 Å². The number of Topliss-reactive ketones (excluding diaryl/α,β-unsaturated/α-hetero) is 1. The number of hydrogen-bond donors (Lipinski definition) is 2. The topological polar surface area (TPSA) is 77.8 Å². The smallest absolute Gasteiger partial charge is 0.300 e. The van der Waals surface area contributed by atoms with Crippen LogP contribution in [0.2, 0.25) is 0 Å². The minimum Gasteiger partial charge on any atom is -0.508 e. The molecule has 1 unspecified atom stereocenters. The molecule has 0 saturated carbocycles. The molecule has 0 aliphatic carbocycles. The van der Waals surface area contributed by atoms with Gasteiger partial charge in [0.2, 0.25) is 0 Å². The fraction of sp³-hybridized carbons (Fsp3) is 0.0833. The lowest BCUT2D eigenvalue weighted by Crippen LogP contribution is -2.29. The molecule has 2 N–H and O–H groups in total. The number of ketones is 1. The standard InChI is InChI=1S/C24H16F3NO4/c1-12-9-14(5-7-17(12)25)22(30)20-21(13-3-2-4-16(29)10-13)28(24(32)23(20)31)15-6-8-18(26)19(27)11-15/h2-11,21,29-30H,1H3/b22-20+. The van der Waals surface area contributed by atoms with Gasteiger partial charge in [-0.05, 0) is 60.5 Å². The average molecular weight is 439 g/mol. The highest BCUT2D eigenvalue weighted by molar-refractivity contribution is 6.51. The van der Waals surface area contributed by atoms with Crippen molar-refractivity contribution in [3.8, 4) is 5.75 Å². The predicted molar refractivity (Wildman–Crippen MR) is 110 cm³/mol. The lowest BCUT2D eigenvalue weighted by Gasteiger charge is -2.25. The molecule has 5 nitrogen and oxygen atoms in total. The number of hydrogen-bond acceptors (Lipinski definition) is 4. The first-order chi connectivity index (χ1) is 15.2. The Morgan fingerprint density at radius 1 is 0.906 bits per heavy atom. The second kappa shape index (κ2) is 7.88. The molecule has 1 saturated heterocycles. The summed E-state index contributed by atoms with van der Waals surface area (Å²) in [4.78, 5) is 26.8. The monoisotopic (exact) mass is 439 g/mol. The summed E-state index contributed by atoms with van der Waals surface area (Å²) in [6, 6.07) is 10.8. The van der Waals surface area contributed by atoms with Crippen molar-refractivity contribution in [2.75, 3.05) is 4.90 Å². The molecular weight excluding hydrogens is 423 g/mol. The van der Waals surface area contributed by atoms with E-state index in [1.807, 2.05) is 0 Å². The summed E-state index contributed by atoms with van der Waals surface area (Å²) in [5.74, 6) is -5.77. The molecule has 3 aromatic rings. The van der Waals surface area contributed by atoms with Gasteiger partial charge in [-0.3, -0.25) is 14.5 Å². The van der Waals surface area contributed by atoms with Crippen LogP contribution in [0, 0.1) is 24.4 Å². The van der Waals surface area contributed by atoms with E-state index in [1.54, 1.807) is 0 Å². The number of carbonyl (C=O) groups is 2. The summed E-state index contributed by atoms with van der Waals surface area (Å²) in [6.07, 6.45) is 0. The number of halogens is 3. The number of rotatable bonds is 3. The minimum absolute atomic E-state index is 0.0948. The van der Waals surface area contributed by atoms with Crippen LogP contribution in [0.3, 0.4) is 0 Å². The second-order valence-corrected chi connectivity index (χ2v) is 7.33. The number of aliphatic hydroxyl groups is 1. The molecule has 1 heterocycles. The highest BCUT2D eigenvalue weighted by atomic mass is 19.2. The molecule has 3 aromatic carbocycles. The van der Waals surface area contributed by atoms with Crippen LogP contribution in [-0.2, 0) is 9.59 Å².